The van der Waals surface area contributed by atoms with Crippen molar-refractivity contribution in [3.8, 4) is 5.75 Å². The van der Waals surface area contributed by atoms with Gasteiger partial charge in [-0.25, -0.2) is 0 Å². The minimum Gasteiger partial charge on any atom is -0.497 e. The van der Waals surface area contributed by atoms with Crippen molar-refractivity contribution in [2.45, 2.75) is 38.5 Å². The molecule has 1 aromatic carbocycles. The first-order chi connectivity index (χ1) is 10.1. The Bertz CT molecular complexity index is 630. The van der Waals surface area contributed by atoms with Gasteiger partial charge in [0.2, 0.25) is 0 Å². The number of carbonyl (C=O) groups excluding carboxylic acids is 1. The van der Waals surface area contributed by atoms with Crippen molar-refractivity contribution in [2.75, 3.05) is 7.11 Å². The normalized spacial score (nSPS) is 36.9. The van der Waals surface area contributed by atoms with Crippen LogP contribution in [0.3, 0.4) is 0 Å². The molecule has 1 unspecified atom stereocenters. The number of hydrogen-bond acceptors (Lipinski definition) is 2. The molecule has 21 heavy (non-hydrogen) atoms. The molecule has 0 amide bonds. The number of hydrogen-bond donors (Lipinski definition) is 0. The lowest BCUT2D eigenvalue weighted by Gasteiger charge is -2.48. The molecule has 1 saturated carbocycles. The van der Waals surface area contributed by atoms with E-state index in [-0.39, 0.29) is 5.41 Å². The van der Waals surface area contributed by atoms with Crippen LogP contribution in [0.5, 0.6) is 5.75 Å². The van der Waals surface area contributed by atoms with Crippen molar-refractivity contribution in [3.63, 3.8) is 0 Å². The maximum absolute atomic E-state index is 12.2. The van der Waals surface area contributed by atoms with Crippen LogP contribution in [0.15, 0.2) is 30.4 Å². The minimum absolute atomic E-state index is 0.120. The zero-order valence-electron chi connectivity index (χ0n) is 12.8. The van der Waals surface area contributed by atoms with Crippen LogP contribution in [-0.4, -0.2) is 12.9 Å². The van der Waals surface area contributed by atoms with Gasteiger partial charge in [-0.05, 0) is 72.8 Å². The Morgan fingerprint density at radius 2 is 2.14 bits per heavy atom. The van der Waals surface area contributed by atoms with Crippen LogP contribution < -0.4 is 4.74 Å². The van der Waals surface area contributed by atoms with Crippen LogP contribution in [-0.2, 0) is 11.2 Å². The highest BCUT2D eigenvalue weighted by molar-refractivity contribution is 5.97. The van der Waals surface area contributed by atoms with Gasteiger partial charge in [0.1, 0.15) is 5.75 Å². The summed E-state index contributed by atoms with van der Waals surface area (Å²) in [7, 11) is 1.73. The van der Waals surface area contributed by atoms with Gasteiger partial charge >= 0.3 is 0 Å². The number of fused-ring (bicyclic) bond motifs is 5. The van der Waals surface area contributed by atoms with E-state index in [9.17, 15) is 4.79 Å². The van der Waals surface area contributed by atoms with Crippen LogP contribution >= 0.6 is 0 Å². The van der Waals surface area contributed by atoms with Gasteiger partial charge in [-0.15, -0.1) is 0 Å². The number of benzene rings is 1. The fourth-order valence-electron chi connectivity index (χ4n) is 4.96. The van der Waals surface area contributed by atoms with Crippen molar-refractivity contribution >= 4 is 5.78 Å². The fourth-order valence-corrected chi connectivity index (χ4v) is 4.96. The van der Waals surface area contributed by atoms with E-state index in [1.807, 2.05) is 6.08 Å². The summed E-state index contributed by atoms with van der Waals surface area (Å²) >= 11 is 0. The van der Waals surface area contributed by atoms with Gasteiger partial charge in [0.15, 0.2) is 5.78 Å². The van der Waals surface area contributed by atoms with Crippen molar-refractivity contribution < 1.29 is 9.53 Å². The molecule has 0 saturated heterocycles. The summed E-state index contributed by atoms with van der Waals surface area (Å²) in [6.07, 6.45) is 8.52. The summed E-state index contributed by atoms with van der Waals surface area (Å²) in [6, 6.07) is 6.55. The average molecular weight is 282 g/mol. The second kappa shape index (κ2) is 4.46. The molecule has 0 bridgehead atoms. The van der Waals surface area contributed by atoms with Gasteiger partial charge in [-0.3, -0.25) is 4.79 Å². The van der Waals surface area contributed by atoms with Crippen LogP contribution in [0.4, 0.5) is 0 Å². The van der Waals surface area contributed by atoms with E-state index in [0.717, 1.165) is 25.0 Å². The molecule has 1 fully saturated rings. The Labute approximate surface area is 126 Å². The second-order valence-electron chi connectivity index (χ2n) is 7.08. The SMILES string of the molecule is COc1ccc2c(c1)CC[C@@H]1C2CC[C@]2(C)C(=O)C=C[C@@H]12. The smallest absolute Gasteiger partial charge is 0.161 e. The lowest BCUT2D eigenvalue weighted by molar-refractivity contribution is -0.126. The molecule has 1 aromatic rings. The monoisotopic (exact) mass is 282 g/mol. The molecule has 0 spiro atoms. The van der Waals surface area contributed by atoms with Gasteiger partial charge in [-0.1, -0.05) is 19.1 Å². The lowest BCUT2D eigenvalue weighted by atomic mass is 9.55. The van der Waals surface area contributed by atoms with Gasteiger partial charge < -0.3 is 4.74 Å². The molecule has 0 radical (unpaired) electrons. The Hall–Kier alpha value is -1.57. The van der Waals surface area contributed by atoms with Crippen LogP contribution in [0, 0.1) is 17.3 Å². The number of rotatable bonds is 1. The third kappa shape index (κ3) is 1.74. The maximum atomic E-state index is 12.2. The number of ketones is 1. The summed E-state index contributed by atoms with van der Waals surface area (Å²) < 4.78 is 5.36. The first-order valence-electron chi connectivity index (χ1n) is 8.03. The number of methoxy groups -OCH3 is 1. The van der Waals surface area contributed by atoms with Crippen molar-refractivity contribution in [3.05, 3.63) is 41.5 Å². The predicted octanol–water partition coefficient (Wildman–Crippen LogP) is 3.90. The lowest BCUT2D eigenvalue weighted by Crippen LogP contribution is -2.42. The van der Waals surface area contributed by atoms with Crippen molar-refractivity contribution in [1.29, 1.82) is 0 Å². The first-order valence-corrected chi connectivity index (χ1v) is 8.03. The zero-order valence-corrected chi connectivity index (χ0v) is 12.8. The van der Waals surface area contributed by atoms with Crippen molar-refractivity contribution in [1.82, 2.24) is 0 Å². The number of aryl methyl sites for hydroxylation is 1. The highest BCUT2D eigenvalue weighted by atomic mass is 16.5. The van der Waals surface area contributed by atoms with Crippen LogP contribution in [0.1, 0.15) is 43.2 Å². The van der Waals surface area contributed by atoms with E-state index in [4.69, 9.17) is 4.74 Å². The van der Waals surface area contributed by atoms with E-state index < -0.39 is 0 Å². The zero-order chi connectivity index (χ0) is 14.6. The number of ether oxygens (including phenoxy) is 1. The van der Waals surface area contributed by atoms with Gasteiger partial charge in [0, 0.05) is 5.41 Å². The molecule has 4 atom stereocenters. The standard InChI is InChI=1S/C19H22O2/c1-19-10-9-15-14-6-4-13(21-2)11-12(14)3-5-16(15)17(19)7-8-18(19)20/h4,6-8,11,15-17H,3,5,9-10H2,1-2H3/t15?,16-,17+,19+/m1/s1. The fraction of sp³-hybridized carbons (Fsp3) is 0.526. The summed E-state index contributed by atoms with van der Waals surface area (Å²) in [4.78, 5) is 12.2. The Kier molecular flexibility index (Phi) is 2.79. The van der Waals surface area contributed by atoms with E-state index in [2.05, 4.69) is 31.2 Å². The molecule has 0 heterocycles. The van der Waals surface area contributed by atoms with E-state index in [1.165, 1.54) is 17.5 Å². The highest BCUT2D eigenvalue weighted by Gasteiger charge is 2.52. The molecular formula is C19H22O2. The van der Waals surface area contributed by atoms with E-state index >= 15 is 0 Å². The number of allylic oxidation sites excluding steroid dienone is 2. The molecular weight excluding hydrogens is 260 g/mol. The molecule has 4 rings (SSSR count). The molecule has 110 valence electrons. The topological polar surface area (TPSA) is 26.3 Å². The van der Waals surface area contributed by atoms with E-state index in [1.54, 1.807) is 7.11 Å². The van der Waals surface area contributed by atoms with Crippen LogP contribution in [0.2, 0.25) is 0 Å². The highest BCUT2D eigenvalue weighted by Crippen LogP contribution is 2.57. The molecule has 2 nitrogen and oxygen atoms in total. The Morgan fingerprint density at radius 3 is 2.95 bits per heavy atom. The van der Waals surface area contributed by atoms with E-state index in [0.29, 0.717) is 23.5 Å². The quantitative estimate of drug-likeness (QED) is 0.781. The molecule has 0 aliphatic heterocycles. The maximum Gasteiger partial charge on any atom is 0.161 e. The summed E-state index contributed by atoms with van der Waals surface area (Å²) in [5.41, 5.74) is 2.83. The predicted molar refractivity (Wildman–Crippen MR) is 82.5 cm³/mol. The van der Waals surface area contributed by atoms with Crippen LogP contribution in [0.25, 0.3) is 0 Å². The summed E-state index contributed by atoms with van der Waals surface area (Å²) in [5, 5.41) is 0. The minimum atomic E-state index is -0.120. The number of carbonyl (C=O) groups is 1. The third-order valence-corrected chi connectivity index (χ3v) is 6.20. The second-order valence-corrected chi connectivity index (χ2v) is 7.08. The third-order valence-electron chi connectivity index (χ3n) is 6.20. The molecule has 2 heteroatoms. The largest absolute Gasteiger partial charge is 0.497 e. The molecule has 0 N–H and O–H groups in total. The Balaban J connectivity index is 1.72. The average Bonchev–Trinajstić information content (AvgIpc) is 2.82. The summed E-state index contributed by atoms with van der Waals surface area (Å²) in [6.45, 7) is 2.18. The van der Waals surface area contributed by atoms with Gasteiger partial charge in [0.25, 0.3) is 0 Å². The first kappa shape index (κ1) is 13.1. The van der Waals surface area contributed by atoms with Gasteiger partial charge in [-0.2, -0.15) is 0 Å². The molecule has 3 aliphatic carbocycles. The molecule has 3 aliphatic rings. The van der Waals surface area contributed by atoms with Gasteiger partial charge in [0.05, 0.1) is 7.11 Å². The molecule has 0 aromatic heterocycles. The Morgan fingerprint density at radius 1 is 1.29 bits per heavy atom. The summed E-state index contributed by atoms with van der Waals surface area (Å²) in [5.74, 6) is 3.01. The van der Waals surface area contributed by atoms with Crippen molar-refractivity contribution in [2.24, 2.45) is 17.3 Å².